The van der Waals surface area contributed by atoms with Crippen LogP contribution in [0.5, 0.6) is 0 Å². The van der Waals surface area contributed by atoms with Crippen molar-refractivity contribution >= 4 is 23.9 Å². The molecule has 0 amide bonds. The molecule has 0 fully saturated rings. The Labute approximate surface area is 122 Å². The fourth-order valence-corrected chi connectivity index (χ4v) is 1.13. The Morgan fingerprint density at radius 2 is 1.14 bits per heavy atom. The van der Waals surface area contributed by atoms with Gasteiger partial charge in [-0.2, -0.15) is 0 Å². The Hall–Kier alpha value is -2.44. The zero-order valence-electron chi connectivity index (χ0n) is 11.7. The third kappa shape index (κ3) is 11.1. The Morgan fingerprint density at radius 3 is 1.48 bits per heavy atom. The Morgan fingerprint density at radius 1 is 0.762 bits per heavy atom. The highest BCUT2D eigenvalue weighted by atomic mass is 16.6. The van der Waals surface area contributed by atoms with E-state index in [-0.39, 0.29) is 38.9 Å². The minimum Gasteiger partial charge on any atom is -0.463 e. The topological polar surface area (TPSA) is 96.0 Å². The number of carbonyl (C=O) groups is 4. The molecule has 0 spiro atoms. The molecular weight excluding hydrogens is 280 g/mol. The van der Waals surface area contributed by atoms with Gasteiger partial charge in [-0.1, -0.05) is 13.2 Å². The first-order valence-electron chi connectivity index (χ1n) is 6.31. The van der Waals surface area contributed by atoms with E-state index in [1.54, 1.807) is 0 Å². The summed E-state index contributed by atoms with van der Waals surface area (Å²) in [7, 11) is 0. The van der Waals surface area contributed by atoms with Gasteiger partial charge in [0.2, 0.25) is 0 Å². The second kappa shape index (κ2) is 11.4. The van der Waals surface area contributed by atoms with E-state index in [1.807, 2.05) is 0 Å². The highest BCUT2D eigenvalue weighted by molar-refractivity contribution is 5.85. The van der Waals surface area contributed by atoms with Crippen LogP contribution in [0, 0.1) is 0 Å². The molecule has 7 nitrogen and oxygen atoms in total. The van der Waals surface area contributed by atoms with Crippen LogP contribution < -0.4 is 0 Å². The predicted molar refractivity (Wildman–Crippen MR) is 71.9 cm³/mol. The molecule has 0 aromatic carbocycles. The van der Waals surface area contributed by atoms with Crippen molar-refractivity contribution in [2.45, 2.75) is 25.7 Å². The van der Waals surface area contributed by atoms with E-state index < -0.39 is 23.9 Å². The molecule has 116 valence electrons. The van der Waals surface area contributed by atoms with Crippen LogP contribution in [0.1, 0.15) is 25.7 Å². The summed E-state index contributed by atoms with van der Waals surface area (Å²) in [5, 5.41) is 0. The van der Waals surface area contributed by atoms with Crippen molar-refractivity contribution in [1.82, 2.24) is 0 Å². The molecule has 0 bridgehead atoms. The molecule has 0 N–H and O–H groups in total. The van der Waals surface area contributed by atoms with Gasteiger partial charge in [-0.15, -0.1) is 0 Å². The SMILES string of the molecule is C=CC(=O)OCCCC(=O)OC(=O)CCCOC(=O)C=C. The lowest BCUT2D eigenvalue weighted by atomic mass is 10.3. The van der Waals surface area contributed by atoms with Crippen LogP contribution in [0.2, 0.25) is 0 Å². The number of rotatable bonds is 10. The highest BCUT2D eigenvalue weighted by Gasteiger charge is 2.10. The Bertz CT molecular complexity index is 374. The zero-order valence-corrected chi connectivity index (χ0v) is 11.7. The average Bonchev–Trinajstić information content (AvgIpc) is 2.47. The molecule has 0 radical (unpaired) electrons. The number of hydrogen-bond donors (Lipinski definition) is 0. The maximum atomic E-state index is 11.3. The van der Waals surface area contributed by atoms with Crippen LogP contribution in [-0.4, -0.2) is 37.1 Å². The summed E-state index contributed by atoms with van der Waals surface area (Å²) in [6.45, 7) is 6.53. The number of ether oxygens (including phenoxy) is 3. The summed E-state index contributed by atoms with van der Waals surface area (Å²) in [4.78, 5) is 43.9. The van der Waals surface area contributed by atoms with Crippen LogP contribution in [-0.2, 0) is 33.4 Å². The summed E-state index contributed by atoms with van der Waals surface area (Å²) in [5.41, 5.74) is 0. The number of hydrogen-bond acceptors (Lipinski definition) is 7. The first-order chi connectivity index (χ1) is 9.99. The van der Waals surface area contributed by atoms with Crippen molar-refractivity contribution in [3.05, 3.63) is 25.3 Å². The van der Waals surface area contributed by atoms with E-state index >= 15 is 0 Å². The van der Waals surface area contributed by atoms with Gasteiger partial charge in [0.25, 0.3) is 0 Å². The molecule has 7 heteroatoms. The van der Waals surface area contributed by atoms with Gasteiger partial charge in [0.1, 0.15) is 0 Å². The molecule has 0 aliphatic rings. The van der Waals surface area contributed by atoms with Gasteiger partial charge in [0.05, 0.1) is 13.2 Å². The predicted octanol–water partition coefficient (Wildman–Crippen LogP) is 1.07. The van der Waals surface area contributed by atoms with Crippen molar-refractivity contribution in [2.24, 2.45) is 0 Å². The molecule has 0 atom stereocenters. The smallest absolute Gasteiger partial charge is 0.330 e. The van der Waals surface area contributed by atoms with Crippen molar-refractivity contribution in [3.8, 4) is 0 Å². The van der Waals surface area contributed by atoms with Gasteiger partial charge in [-0.3, -0.25) is 9.59 Å². The normalized spacial score (nSPS) is 9.33. The van der Waals surface area contributed by atoms with Gasteiger partial charge < -0.3 is 14.2 Å². The third-order valence-electron chi connectivity index (χ3n) is 2.10. The summed E-state index contributed by atoms with van der Waals surface area (Å²) in [5.74, 6) is -2.54. The molecular formula is C14H18O7. The van der Waals surface area contributed by atoms with Crippen molar-refractivity contribution in [2.75, 3.05) is 13.2 Å². The van der Waals surface area contributed by atoms with Crippen molar-refractivity contribution in [3.63, 3.8) is 0 Å². The maximum absolute atomic E-state index is 11.3. The van der Waals surface area contributed by atoms with Crippen LogP contribution in [0.25, 0.3) is 0 Å². The molecule has 0 saturated heterocycles. The molecule has 0 aromatic rings. The molecule has 0 unspecified atom stereocenters. The first-order valence-corrected chi connectivity index (χ1v) is 6.31. The van der Waals surface area contributed by atoms with E-state index in [0.717, 1.165) is 12.2 Å². The van der Waals surface area contributed by atoms with E-state index in [1.165, 1.54) is 0 Å². The van der Waals surface area contributed by atoms with Crippen molar-refractivity contribution < 1.29 is 33.4 Å². The van der Waals surface area contributed by atoms with Crippen LogP contribution in [0.4, 0.5) is 0 Å². The second-order valence-corrected chi connectivity index (χ2v) is 3.80. The third-order valence-corrected chi connectivity index (χ3v) is 2.10. The molecule has 0 aliphatic carbocycles. The lowest BCUT2D eigenvalue weighted by molar-refractivity contribution is -0.160. The number of carbonyl (C=O) groups excluding carboxylic acids is 4. The zero-order chi connectivity index (χ0) is 16.1. The van der Waals surface area contributed by atoms with E-state index in [0.29, 0.717) is 0 Å². The summed E-state index contributed by atoms with van der Waals surface area (Å²) >= 11 is 0. The Balaban J connectivity index is 3.63. The average molecular weight is 298 g/mol. The summed E-state index contributed by atoms with van der Waals surface area (Å²) in [6, 6.07) is 0. The fraction of sp³-hybridized carbons (Fsp3) is 0.429. The van der Waals surface area contributed by atoms with Gasteiger partial charge in [0, 0.05) is 25.0 Å². The molecule has 0 rings (SSSR count). The van der Waals surface area contributed by atoms with E-state index in [9.17, 15) is 19.2 Å². The van der Waals surface area contributed by atoms with Gasteiger partial charge >= 0.3 is 23.9 Å². The van der Waals surface area contributed by atoms with Crippen LogP contribution in [0.3, 0.4) is 0 Å². The number of esters is 4. The molecule has 0 aliphatic heterocycles. The van der Waals surface area contributed by atoms with Crippen LogP contribution >= 0.6 is 0 Å². The van der Waals surface area contributed by atoms with E-state index in [4.69, 9.17) is 0 Å². The van der Waals surface area contributed by atoms with Gasteiger partial charge in [-0.25, -0.2) is 9.59 Å². The van der Waals surface area contributed by atoms with Crippen LogP contribution in [0.15, 0.2) is 25.3 Å². The fourth-order valence-electron chi connectivity index (χ4n) is 1.13. The Kier molecular flexibility index (Phi) is 10.1. The van der Waals surface area contributed by atoms with E-state index in [2.05, 4.69) is 27.4 Å². The monoisotopic (exact) mass is 298 g/mol. The van der Waals surface area contributed by atoms with Crippen molar-refractivity contribution in [1.29, 1.82) is 0 Å². The minimum absolute atomic E-state index is 0.0401. The standard InChI is InChI=1S/C14H18O7/c1-3-11(15)19-9-5-7-13(17)21-14(18)8-6-10-20-12(16)4-2/h3-4H,1-2,5-10H2. The second-order valence-electron chi connectivity index (χ2n) is 3.80. The summed E-state index contributed by atoms with van der Waals surface area (Å²) < 4.78 is 13.8. The van der Waals surface area contributed by atoms with Gasteiger partial charge in [-0.05, 0) is 12.8 Å². The summed E-state index contributed by atoms with van der Waals surface area (Å²) in [6.07, 6.45) is 2.45. The quantitative estimate of drug-likeness (QED) is 0.196. The molecule has 0 aromatic heterocycles. The highest BCUT2D eigenvalue weighted by Crippen LogP contribution is 1.99. The minimum atomic E-state index is -0.697. The van der Waals surface area contributed by atoms with Gasteiger partial charge in [0.15, 0.2) is 0 Å². The lowest BCUT2D eigenvalue weighted by Gasteiger charge is -2.04. The maximum Gasteiger partial charge on any atom is 0.330 e. The molecule has 0 saturated carbocycles. The molecule has 21 heavy (non-hydrogen) atoms. The molecule has 0 heterocycles. The largest absolute Gasteiger partial charge is 0.463 e. The first kappa shape index (κ1) is 18.6. The lowest BCUT2D eigenvalue weighted by Crippen LogP contribution is -2.14.